The Bertz CT molecular complexity index is 2480. The number of hydrogen-bond donors (Lipinski definition) is 3. The Hall–Kier alpha value is -4.82. The summed E-state index contributed by atoms with van der Waals surface area (Å²) in [6.07, 6.45) is 8.57. The summed E-state index contributed by atoms with van der Waals surface area (Å²) in [7, 11) is -8.85. The fourth-order valence-corrected chi connectivity index (χ4v) is 9.50. The number of aliphatic carboxylic acids is 1. The number of benzene rings is 3. The molecule has 0 aromatic heterocycles. The van der Waals surface area contributed by atoms with Crippen LogP contribution < -0.4 is 9.64 Å². The number of likely N-dealkylation sites (N-methyl/N-ethyl adjacent to an activating group) is 1. The van der Waals surface area contributed by atoms with Crippen LogP contribution in [-0.2, 0) is 30.4 Å². The van der Waals surface area contributed by atoms with Gasteiger partial charge in [-0.15, -0.1) is 0 Å². The number of rotatable bonds is 13. The molecule has 3 aliphatic rings. The predicted octanol–water partition coefficient (Wildman–Crippen LogP) is 8.31. The molecule has 1 atom stereocenters. The summed E-state index contributed by atoms with van der Waals surface area (Å²) < 4.78 is 76.2. The lowest BCUT2D eigenvalue weighted by Gasteiger charge is -2.43. The third kappa shape index (κ3) is 8.04. The fourth-order valence-electron chi connectivity index (χ4n) is 8.50. The van der Waals surface area contributed by atoms with Crippen LogP contribution in [0.5, 0.6) is 5.75 Å². The molecule has 0 amide bonds. The fraction of sp³-hybridized carbons (Fsp3) is 0.349. The standard InChI is InChI=1S/C43H48N2O9S2/c1-7-45-37-26-38-34(25-33(37)28(2)27-42(45,4)5)32(29(3)41(54-38)30-14-9-8-10-15-30)16-11-17-39-43(6,21-12-18-40(46)47)35-24-31(56(51,52)53)19-20-36(35)44(39)22-13-23-55(48,49)50/h8-11,14-17,19-20,24-27H,7,12-13,18,21-23H2,1-6H3,(H2-,46,47,48,49,50,51,52,53)/p+1. The zero-order valence-corrected chi connectivity index (χ0v) is 34.2. The zero-order valence-electron chi connectivity index (χ0n) is 32.5. The maximum absolute atomic E-state index is 12.3. The van der Waals surface area contributed by atoms with Crippen molar-refractivity contribution in [3.05, 3.63) is 113 Å². The maximum Gasteiger partial charge on any atom is 0.303 e. The van der Waals surface area contributed by atoms with Crippen molar-refractivity contribution in [3.8, 4) is 5.75 Å². The minimum absolute atomic E-state index is 0.0541. The monoisotopic (exact) mass is 801 g/mol. The van der Waals surface area contributed by atoms with Crippen LogP contribution >= 0.6 is 0 Å². The van der Waals surface area contributed by atoms with Gasteiger partial charge in [-0.1, -0.05) is 48.6 Å². The first-order valence-corrected chi connectivity index (χ1v) is 21.7. The van der Waals surface area contributed by atoms with E-state index >= 15 is 0 Å². The highest BCUT2D eigenvalue weighted by molar-refractivity contribution is 7.86. The van der Waals surface area contributed by atoms with E-state index < -0.39 is 37.4 Å². The molecular formula is C43H49N2O9S2+. The van der Waals surface area contributed by atoms with Crippen LogP contribution in [0.2, 0.25) is 0 Å². The maximum atomic E-state index is 12.3. The third-order valence-corrected chi connectivity index (χ3v) is 12.7. The summed E-state index contributed by atoms with van der Waals surface area (Å²) in [5, 5.41) is 9.51. The molecule has 3 aromatic rings. The van der Waals surface area contributed by atoms with Crippen LogP contribution in [0, 0.1) is 0 Å². The quantitative estimate of drug-likeness (QED) is 0.113. The molecule has 56 heavy (non-hydrogen) atoms. The summed E-state index contributed by atoms with van der Waals surface area (Å²) >= 11 is 0. The van der Waals surface area contributed by atoms with Crippen molar-refractivity contribution in [2.24, 2.45) is 0 Å². The summed E-state index contributed by atoms with van der Waals surface area (Å²) in [5.41, 5.74) is 7.66. The second-order valence-electron chi connectivity index (χ2n) is 15.4. The highest BCUT2D eigenvalue weighted by atomic mass is 32.2. The zero-order chi connectivity index (χ0) is 40.8. The molecule has 0 radical (unpaired) electrons. The molecule has 11 nitrogen and oxygen atoms in total. The van der Waals surface area contributed by atoms with Gasteiger partial charge in [-0.25, -0.2) is 0 Å². The molecule has 296 valence electrons. The number of allylic oxidation sites excluding steroid dienone is 6. The Morgan fingerprint density at radius 3 is 2.30 bits per heavy atom. The van der Waals surface area contributed by atoms with E-state index in [2.05, 4.69) is 50.8 Å². The number of carboxylic acids is 1. The minimum Gasteiger partial charge on any atom is -0.481 e. The molecule has 0 saturated heterocycles. The first-order chi connectivity index (χ1) is 26.2. The van der Waals surface area contributed by atoms with E-state index in [-0.39, 0.29) is 36.2 Å². The van der Waals surface area contributed by atoms with E-state index in [9.17, 15) is 35.8 Å². The van der Waals surface area contributed by atoms with Gasteiger partial charge in [-0.3, -0.25) is 13.9 Å². The molecular weight excluding hydrogens is 753 g/mol. The largest absolute Gasteiger partial charge is 0.481 e. The highest BCUT2D eigenvalue weighted by Gasteiger charge is 2.48. The molecule has 0 saturated carbocycles. The number of fused-ring (bicyclic) bond motifs is 3. The number of hydrogen-bond acceptors (Lipinski definition) is 7. The number of anilines is 1. The van der Waals surface area contributed by atoms with Crippen molar-refractivity contribution in [2.45, 2.75) is 83.1 Å². The van der Waals surface area contributed by atoms with Crippen LogP contribution in [0.25, 0.3) is 16.9 Å². The van der Waals surface area contributed by atoms with Crippen LogP contribution in [0.4, 0.5) is 11.4 Å². The van der Waals surface area contributed by atoms with Gasteiger partial charge >= 0.3 is 5.97 Å². The van der Waals surface area contributed by atoms with Crippen molar-refractivity contribution < 1.29 is 45.2 Å². The first kappa shape index (κ1) is 40.8. The smallest absolute Gasteiger partial charge is 0.303 e. The molecule has 0 bridgehead atoms. The molecule has 13 heteroatoms. The van der Waals surface area contributed by atoms with E-state index in [1.54, 1.807) is 6.07 Å². The van der Waals surface area contributed by atoms with Gasteiger partial charge in [0.05, 0.1) is 21.6 Å². The topological polar surface area (TPSA) is 162 Å². The van der Waals surface area contributed by atoms with Gasteiger partial charge in [0.25, 0.3) is 20.2 Å². The Balaban J connectivity index is 1.54. The van der Waals surface area contributed by atoms with Gasteiger partial charge < -0.3 is 14.7 Å². The van der Waals surface area contributed by atoms with Gasteiger partial charge in [-0.2, -0.15) is 21.4 Å². The molecule has 3 aliphatic heterocycles. The molecule has 0 aliphatic carbocycles. The normalized spacial score (nSPS) is 19.9. The summed E-state index contributed by atoms with van der Waals surface area (Å²) in [6, 6.07) is 18.4. The number of carboxylic acid groups (broad SMARTS) is 1. The SMILES string of the molecule is CCN1c2cc3c(cc2C(C)=CC1(C)C)/C(=C/C=C/C1=[N+](CCCS(=O)(=O)O)c2ccc(S(=O)(=O)O)cc2C1(C)CCCC(=O)O)C(C)=C(c1ccccc1)O3. The Morgan fingerprint density at radius 2 is 1.66 bits per heavy atom. The molecule has 0 fully saturated rings. The molecule has 0 spiro atoms. The lowest BCUT2D eigenvalue weighted by atomic mass is 9.75. The van der Waals surface area contributed by atoms with Crippen molar-refractivity contribution in [1.29, 1.82) is 0 Å². The van der Waals surface area contributed by atoms with Crippen molar-refractivity contribution in [3.63, 3.8) is 0 Å². The van der Waals surface area contributed by atoms with Gasteiger partial charge in [0, 0.05) is 71.1 Å². The van der Waals surface area contributed by atoms with Crippen LogP contribution in [0.1, 0.15) is 89.5 Å². The van der Waals surface area contributed by atoms with E-state index in [0.29, 0.717) is 34.9 Å². The Labute approximate surface area is 329 Å². The molecule has 6 rings (SSSR count). The third-order valence-electron chi connectivity index (χ3n) is 11.1. The summed E-state index contributed by atoms with van der Waals surface area (Å²) in [6.45, 7) is 13.5. The average Bonchev–Trinajstić information content (AvgIpc) is 3.33. The van der Waals surface area contributed by atoms with Gasteiger partial charge in [0.1, 0.15) is 18.1 Å². The highest BCUT2D eigenvalue weighted by Crippen LogP contribution is 2.49. The van der Waals surface area contributed by atoms with E-state index in [1.807, 2.05) is 67.0 Å². The van der Waals surface area contributed by atoms with Crippen LogP contribution in [0.15, 0.2) is 95.4 Å². The summed E-state index contributed by atoms with van der Waals surface area (Å²) in [5.74, 6) is -0.0437. The minimum atomic E-state index is -4.58. The predicted molar refractivity (Wildman–Crippen MR) is 220 cm³/mol. The number of carbonyl (C=O) groups is 1. The Morgan fingerprint density at radius 1 is 0.946 bits per heavy atom. The van der Waals surface area contributed by atoms with E-state index in [0.717, 1.165) is 45.6 Å². The van der Waals surface area contributed by atoms with Gasteiger partial charge in [-0.05, 0) is 83.7 Å². The molecule has 1 unspecified atom stereocenters. The summed E-state index contributed by atoms with van der Waals surface area (Å²) in [4.78, 5) is 13.7. The van der Waals surface area contributed by atoms with Crippen molar-refractivity contribution in [1.82, 2.24) is 0 Å². The lowest BCUT2D eigenvalue weighted by molar-refractivity contribution is -0.437. The van der Waals surface area contributed by atoms with Gasteiger partial charge in [0.15, 0.2) is 5.71 Å². The van der Waals surface area contributed by atoms with E-state index in [1.165, 1.54) is 12.1 Å². The molecule has 3 aromatic carbocycles. The molecule has 3 N–H and O–H groups in total. The van der Waals surface area contributed by atoms with E-state index in [4.69, 9.17) is 4.74 Å². The number of nitrogens with zero attached hydrogens (tertiary/aromatic N) is 2. The lowest BCUT2D eigenvalue weighted by Crippen LogP contribution is -2.44. The average molecular weight is 802 g/mol. The van der Waals surface area contributed by atoms with Crippen molar-refractivity contribution >= 4 is 60.2 Å². The van der Waals surface area contributed by atoms with Gasteiger partial charge in [0.2, 0.25) is 5.69 Å². The Kier molecular flexibility index (Phi) is 11.1. The second-order valence-corrected chi connectivity index (χ2v) is 18.4. The molecule has 3 heterocycles. The second kappa shape index (κ2) is 15.3. The van der Waals surface area contributed by atoms with Crippen molar-refractivity contribution in [2.75, 3.05) is 23.7 Å². The van der Waals surface area contributed by atoms with Crippen LogP contribution in [0.3, 0.4) is 0 Å². The van der Waals surface area contributed by atoms with Crippen LogP contribution in [-0.4, -0.2) is 71.7 Å². The first-order valence-electron chi connectivity index (χ1n) is 18.7. The number of ether oxygens (including phenoxy) is 1.